The number of likely N-dealkylation sites (tertiary alicyclic amines) is 1. The minimum atomic E-state index is -0.211. The number of ether oxygens (including phenoxy) is 1. The highest BCUT2D eigenvalue weighted by atomic mass is 16.5. The zero-order valence-corrected chi connectivity index (χ0v) is 15.5. The number of methoxy groups -OCH3 is 1. The van der Waals surface area contributed by atoms with Gasteiger partial charge in [-0.05, 0) is 43.2 Å². The number of H-pyrrole nitrogens is 1. The van der Waals surface area contributed by atoms with Crippen molar-refractivity contribution < 1.29 is 9.53 Å². The number of imidazole rings is 1. The average Bonchev–Trinajstić information content (AvgIpc) is 2.97. The molecule has 7 heteroatoms. The number of anilines is 1. The number of aromatic amines is 1. The largest absolute Gasteiger partial charge is 0.453 e. The number of para-hydroxylation sites is 1. The number of aromatic nitrogens is 2. The summed E-state index contributed by atoms with van der Waals surface area (Å²) in [6, 6.07) is 6.06. The summed E-state index contributed by atoms with van der Waals surface area (Å²) in [6.07, 6.45) is 4.12. The van der Waals surface area contributed by atoms with Crippen molar-refractivity contribution in [1.29, 1.82) is 0 Å². The summed E-state index contributed by atoms with van der Waals surface area (Å²) in [6.45, 7) is 3.54. The first kappa shape index (κ1) is 17.0. The number of rotatable bonds is 1. The van der Waals surface area contributed by atoms with E-state index in [-0.39, 0.29) is 11.8 Å². The van der Waals surface area contributed by atoms with Crippen LogP contribution in [0.25, 0.3) is 11.0 Å². The van der Waals surface area contributed by atoms with Crippen molar-refractivity contribution in [2.24, 2.45) is 12.5 Å². The number of piperidine rings is 2. The molecule has 0 bridgehead atoms. The number of nitrogens with zero attached hydrogens (tertiary/aromatic N) is 3. The zero-order chi connectivity index (χ0) is 18.3. The van der Waals surface area contributed by atoms with Gasteiger partial charge < -0.3 is 19.5 Å². The van der Waals surface area contributed by atoms with Gasteiger partial charge >= 0.3 is 11.8 Å². The van der Waals surface area contributed by atoms with Crippen LogP contribution in [-0.4, -0.2) is 53.8 Å². The van der Waals surface area contributed by atoms with Gasteiger partial charge in [0.1, 0.15) is 0 Å². The molecule has 0 radical (unpaired) electrons. The maximum Gasteiger partial charge on any atom is 0.409 e. The maximum atomic E-state index is 12.0. The smallest absolute Gasteiger partial charge is 0.409 e. The number of amides is 1. The van der Waals surface area contributed by atoms with Crippen LogP contribution < -0.4 is 10.6 Å². The summed E-state index contributed by atoms with van der Waals surface area (Å²) in [5.74, 6) is 0. The molecule has 1 amide bonds. The van der Waals surface area contributed by atoms with Crippen LogP contribution in [0.4, 0.5) is 10.5 Å². The molecule has 3 heterocycles. The van der Waals surface area contributed by atoms with E-state index in [1.807, 2.05) is 24.1 Å². The molecule has 1 N–H and O–H groups in total. The normalized spacial score (nSPS) is 19.9. The Kier molecular flexibility index (Phi) is 4.17. The van der Waals surface area contributed by atoms with Crippen molar-refractivity contribution in [2.45, 2.75) is 25.7 Å². The second-order valence-corrected chi connectivity index (χ2v) is 7.61. The first-order chi connectivity index (χ1) is 12.5. The summed E-state index contributed by atoms with van der Waals surface area (Å²) in [4.78, 5) is 30.8. The van der Waals surface area contributed by atoms with Gasteiger partial charge in [-0.2, -0.15) is 0 Å². The van der Waals surface area contributed by atoms with Crippen molar-refractivity contribution in [3.8, 4) is 0 Å². The van der Waals surface area contributed by atoms with Crippen molar-refractivity contribution >= 4 is 22.8 Å². The zero-order valence-electron chi connectivity index (χ0n) is 15.5. The molecule has 1 spiro atoms. The van der Waals surface area contributed by atoms with Crippen molar-refractivity contribution in [3.05, 3.63) is 28.7 Å². The van der Waals surface area contributed by atoms with Crippen molar-refractivity contribution in [1.82, 2.24) is 14.5 Å². The van der Waals surface area contributed by atoms with E-state index in [1.54, 1.807) is 4.57 Å². The lowest BCUT2D eigenvalue weighted by Gasteiger charge is -2.47. The third-order valence-corrected chi connectivity index (χ3v) is 6.32. The second-order valence-electron chi connectivity index (χ2n) is 7.61. The highest BCUT2D eigenvalue weighted by Crippen LogP contribution is 2.42. The summed E-state index contributed by atoms with van der Waals surface area (Å²) < 4.78 is 6.54. The standard InChI is InChI=1S/C19H26N4O3/c1-21-16-14(20-17(21)24)4-3-5-15(16)22-10-6-19(7-11-22)8-12-23(13-9-19)18(25)26-2/h3-5H,6-13H2,1-2H3,(H,20,24). The molecule has 140 valence electrons. The van der Waals surface area contributed by atoms with Crippen molar-refractivity contribution in [3.63, 3.8) is 0 Å². The molecule has 2 aliphatic heterocycles. The Balaban J connectivity index is 1.48. The summed E-state index contributed by atoms with van der Waals surface area (Å²) >= 11 is 0. The molecular weight excluding hydrogens is 332 g/mol. The van der Waals surface area contributed by atoms with Gasteiger partial charge in [0.2, 0.25) is 0 Å². The highest BCUT2D eigenvalue weighted by molar-refractivity contribution is 5.89. The Bertz CT molecular complexity index is 867. The maximum absolute atomic E-state index is 12.0. The number of carbonyl (C=O) groups is 1. The monoisotopic (exact) mass is 358 g/mol. The molecule has 4 rings (SSSR count). The topological polar surface area (TPSA) is 70.6 Å². The van der Waals surface area contributed by atoms with Crippen LogP contribution in [-0.2, 0) is 11.8 Å². The lowest BCUT2D eigenvalue weighted by atomic mass is 9.71. The summed E-state index contributed by atoms with van der Waals surface area (Å²) in [5, 5.41) is 0. The fourth-order valence-electron chi connectivity index (χ4n) is 4.56. The van der Waals surface area contributed by atoms with Crippen LogP contribution in [0.3, 0.4) is 0 Å². The molecule has 2 aromatic rings. The number of hydrogen-bond acceptors (Lipinski definition) is 4. The molecule has 0 unspecified atom stereocenters. The van der Waals surface area contributed by atoms with Gasteiger partial charge in [-0.1, -0.05) is 6.07 Å². The predicted octanol–water partition coefficient (Wildman–Crippen LogP) is 2.32. The molecule has 26 heavy (non-hydrogen) atoms. The van der Waals surface area contributed by atoms with E-state index >= 15 is 0 Å². The third-order valence-electron chi connectivity index (χ3n) is 6.32. The van der Waals surface area contributed by atoms with E-state index in [0.717, 1.165) is 68.6 Å². The number of benzene rings is 1. The molecule has 0 aliphatic carbocycles. The molecule has 2 saturated heterocycles. The molecule has 0 atom stereocenters. The van der Waals surface area contributed by atoms with Crippen LogP contribution in [0.1, 0.15) is 25.7 Å². The molecule has 1 aromatic heterocycles. The van der Waals surface area contributed by atoms with Crippen LogP contribution in [0.2, 0.25) is 0 Å². The van der Waals surface area contributed by atoms with Crippen LogP contribution >= 0.6 is 0 Å². The second kappa shape index (κ2) is 6.37. The van der Waals surface area contributed by atoms with Gasteiger partial charge in [0.15, 0.2) is 0 Å². The number of aryl methyl sites for hydroxylation is 1. The van der Waals surface area contributed by atoms with Crippen LogP contribution in [0.5, 0.6) is 0 Å². The molecule has 0 saturated carbocycles. The predicted molar refractivity (Wildman–Crippen MR) is 101 cm³/mol. The van der Waals surface area contributed by atoms with Gasteiger partial charge in [0.25, 0.3) is 0 Å². The van der Waals surface area contributed by atoms with E-state index < -0.39 is 0 Å². The number of nitrogens with one attached hydrogen (secondary N) is 1. The number of fused-ring (bicyclic) bond motifs is 1. The fourth-order valence-corrected chi connectivity index (χ4v) is 4.56. The van der Waals surface area contributed by atoms with E-state index in [2.05, 4.69) is 16.0 Å². The Morgan fingerprint density at radius 1 is 1.12 bits per heavy atom. The Hall–Kier alpha value is -2.44. The minimum absolute atomic E-state index is 0.0730. The van der Waals surface area contributed by atoms with E-state index in [1.165, 1.54) is 7.11 Å². The van der Waals surface area contributed by atoms with Gasteiger partial charge in [0, 0.05) is 33.2 Å². The SMILES string of the molecule is COC(=O)N1CCC2(CC1)CCN(c1cccc3[nH]c(=O)n(C)c13)CC2. The summed E-state index contributed by atoms with van der Waals surface area (Å²) in [7, 11) is 3.26. The minimum Gasteiger partial charge on any atom is -0.453 e. The number of carbonyl (C=O) groups excluding carboxylic acids is 1. The highest BCUT2D eigenvalue weighted by Gasteiger charge is 2.39. The first-order valence-electron chi connectivity index (χ1n) is 9.29. The van der Waals surface area contributed by atoms with Crippen molar-refractivity contribution in [2.75, 3.05) is 38.2 Å². The van der Waals surface area contributed by atoms with Crippen LogP contribution in [0.15, 0.2) is 23.0 Å². The molecule has 7 nitrogen and oxygen atoms in total. The Labute approximate surface area is 152 Å². The molecular formula is C19H26N4O3. The van der Waals surface area contributed by atoms with Gasteiger partial charge in [0.05, 0.1) is 23.8 Å². The Morgan fingerprint density at radius 2 is 1.77 bits per heavy atom. The van der Waals surface area contributed by atoms with Gasteiger partial charge in [-0.3, -0.25) is 4.57 Å². The molecule has 1 aromatic carbocycles. The first-order valence-corrected chi connectivity index (χ1v) is 9.29. The summed E-state index contributed by atoms with van der Waals surface area (Å²) in [5.41, 5.74) is 3.26. The Morgan fingerprint density at radius 3 is 2.42 bits per heavy atom. The number of hydrogen-bond donors (Lipinski definition) is 1. The van der Waals surface area contributed by atoms with E-state index in [0.29, 0.717) is 5.41 Å². The lowest BCUT2D eigenvalue weighted by Crippen LogP contribution is -2.48. The molecule has 2 fully saturated rings. The lowest BCUT2D eigenvalue weighted by molar-refractivity contribution is 0.0647. The van der Waals surface area contributed by atoms with Crippen LogP contribution in [0, 0.1) is 5.41 Å². The third kappa shape index (κ3) is 2.75. The fraction of sp³-hybridized carbons (Fsp3) is 0.579. The quantitative estimate of drug-likeness (QED) is 0.849. The van der Waals surface area contributed by atoms with Gasteiger partial charge in [-0.25, -0.2) is 9.59 Å². The van der Waals surface area contributed by atoms with E-state index in [9.17, 15) is 9.59 Å². The average molecular weight is 358 g/mol. The van der Waals surface area contributed by atoms with Gasteiger partial charge in [-0.15, -0.1) is 0 Å². The molecule has 2 aliphatic rings. The van der Waals surface area contributed by atoms with E-state index in [4.69, 9.17) is 4.74 Å².